The molecule has 2 rings (SSSR count). The van der Waals surface area contributed by atoms with Gasteiger partial charge in [0.1, 0.15) is 0 Å². The Morgan fingerprint density at radius 2 is 1.76 bits per heavy atom. The summed E-state index contributed by atoms with van der Waals surface area (Å²) in [6, 6.07) is 2.24. The molecule has 2 heteroatoms. The Kier molecular flexibility index (Phi) is 3.79. The fraction of sp³-hybridized carbons (Fsp3) is 0.600. The lowest BCUT2D eigenvalue weighted by Gasteiger charge is -2.23. The SMILES string of the molecule is Cc1cc(C)c(C)c(C(Cl)C2CCCO2)c1C. The van der Waals surface area contributed by atoms with Gasteiger partial charge in [0.15, 0.2) is 0 Å². The van der Waals surface area contributed by atoms with Crippen molar-refractivity contribution >= 4 is 11.6 Å². The van der Waals surface area contributed by atoms with Crippen LogP contribution in [0, 0.1) is 27.7 Å². The van der Waals surface area contributed by atoms with E-state index >= 15 is 0 Å². The van der Waals surface area contributed by atoms with Crippen LogP contribution in [0.4, 0.5) is 0 Å². The Labute approximate surface area is 109 Å². The van der Waals surface area contributed by atoms with Gasteiger partial charge in [-0.15, -0.1) is 11.6 Å². The molecule has 0 amide bonds. The summed E-state index contributed by atoms with van der Waals surface area (Å²) in [6.07, 6.45) is 2.41. The average Bonchev–Trinajstić information content (AvgIpc) is 2.80. The molecule has 0 N–H and O–H groups in total. The average molecular weight is 253 g/mol. The van der Waals surface area contributed by atoms with Crippen molar-refractivity contribution in [3.8, 4) is 0 Å². The molecule has 0 radical (unpaired) electrons. The molecule has 1 aliphatic heterocycles. The first-order chi connectivity index (χ1) is 8.02. The van der Waals surface area contributed by atoms with E-state index in [1.54, 1.807) is 0 Å². The summed E-state index contributed by atoms with van der Waals surface area (Å²) in [5.74, 6) is 0. The lowest BCUT2D eigenvalue weighted by atomic mass is 9.90. The minimum atomic E-state index is -0.00361. The monoisotopic (exact) mass is 252 g/mol. The lowest BCUT2D eigenvalue weighted by Crippen LogP contribution is -2.16. The molecule has 1 aliphatic rings. The summed E-state index contributed by atoms with van der Waals surface area (Å²) in [7, 11) is 0. The number of benzene rings is 1. The minimum absolute atomic E-state index is 0.00361. The van der Waals surface area contributed by atoms with Crippen LogP contribution in [0.1, 0.15) is 46.0 Å². The molecule has 0 bridgehead atoms. The highest BCUT2D eigenvalue weighted by Crippen LogP contribution is 2.37. The van der Waals surface area contributed by atoms with Gasteiger partial charge >= 0.3 is 0 Å². The number of alkyl halides is 1. The molecular formula is C15H21ClO. The van der Waals surface area contributed by atoms with Gasteiger partial charge in [-0.1, -0.05) is 6.07 Å². The van der Waals surface area contributed by atoms with Crippen LogP contribution in [0.25, 0.3) is 0 Å². The highest BCUT2D eigenvalue weighted by molar-refractivity contribution is 6.21. The van der Waals surface area contributed by atoms with Gasteiger partial charge in [0.2, 0.25) is 0 Å². The van der Waals surface area contributed by atoms with E-state index in [-0.39, 0.29) is 11.5 Å². The van der Waals surface area contributed by atoms with Crippen LogP contribution in [-0.2, 0) is 4.74 Å². The summed E-state index contributed by atoms with van der Waals surface area (Å²) < 4.78 is 5.73. The van der Waals surface area contributed by atoms with Gasteiger partial charge in [-0.05, 0) is 68.4 Å². The highest BCUT2D eigenvalue weighted by Gasteiger charge is 2.28. The van der Waals surface area contributed by atoms with E-state index in [1.165, 1.54) is 27.8 Å². The number of hydrogen-bond acceptors (Lipinski definition) is 1. The molecule has 17 heavy (non-hydrogen) atoms. The van der Waals surface area contributed by atoms with Crippen LogP contribution in [0.3, 0.4) is 0 Å². The maximum atomic E-state index is 6.64. The van der Waals surface area contributed by atoms with Crippen LogP contribution in [0.5, 0.6) is 0 Å². The molecule has 1 aromatic rings. The standard InChI is InChI=1S/C15H21ClO/c1-9-8-10(2)12(4)14(11(9)3)15(16)13-6-5-7-17-13/h8,13,15H,5-7H2,1-4H3. The second-order valence-corrected chi connectivity index (χ2v) is 5.60. The van der Waals surface area contributed by atoms with Gasteiger partial charge in [0.05, 0.1) is 11.5 Å². The second-order valence-electron chi connectivity index (χ2n) is 5.13. The summed E-state index contributed by atoms with van der Waals surface area (Å²) >= 11 is 6.64. The van der Waals surface area contributed by atoms with Crippen molar-refractivity contribution in [1.29, 1.82) is 0 Å². The van der Waals surface area contributed by atoms with Crippen LogP contribution in [-0.4, -0.2) is 12.7 Å². The largest absolute Gasteiger partial charge is 0.376 e. The van der Waals surface area contributed by atoms with Crippen molar-refractivity contribution in [3.05, 3.63) is 33.9 Å². The molecule has 1 fully saturated rings. The molecule has 2 atom stereocenters. The normalized spacial score (nSPS) is 21.8. The summed E-state index contributed by atoms with van der Waals surface area (Å²) in [5, 5.41) is -0.00361. The Balaban J connectivity index is 2.42. The van der Waals surface area contributed by atoms with E-state index in [4.69, 9.17) is 16.3 Å². The van der Waals surface area contributed by atoms with Crippen molar-refractivity contribution in [3.63, 3.8) is 0 Å². The molecular weight excluding hydrogens is 232 g/mol. The number of aryl methyl sites for hydroxylation is 2. The zero-order chi connectivity index (χ0) is 12.6. The summed E-state index contributed by atoms with van der Waals surface area (Å²) in [6.45, 7) is 9.51. The predicted molar refractivity (Wildman–Crippen MR) is 73.0 cm³/mol. The maximum Gasteiger partial charge on any atom is 0.0852 e. The first kappa shape index (κ1) is 12.9. The second kappa shape index (κ2) is 4.99. The molecule has 0 aliphatic carbocycles. The third-order valence-corrected chi connectivity index (χ3v) is 4.49. The predicted octanol–water partition coefficient (Wildman–Crippen LogP) is 4.38. The van der Waals surface area contributed by atoms with Crippen molar-refractivity contribution in [2.45, 2.75) is 52.0 Å². The van der Waals surface area contributed by atoms with E-state index in [2.05, 4.69) is 33.8 Å². The third-order valence-electron chi connectivity index (χ3n) is 3.99. The van der Waals surface area contributed by atoms with Gasteiger partial charge in [-0.25, -0.2) is 0 Å². The first-order valence-corrected chi connectivity index (χ1v) is 6.79. The van der Waals surface area contributed by atoms with Crippen LogP contribution in [0.15, 0.2) is 6.07 Å². The molecule has 1 nitrogen and oxygen atoms in total. The van der Waals surface area contributed by atoms with Gasteiger partial charge in [-0.2, -0.15) is 0 Å². The fourth-order valence-corrected chi connectivity index (χ4v) is 3.21. The quantitative estimate of drug-likeness (QED) is 0.710. The van der Waals surface area contributed by atoms with E-state index < -0.39 is 0 Å². The molecule has 1 heterocycles. The number of hydrogen-bond donors (Lipinski definition) is 0. The van der Waals surface area contributed by atoms with Crippen LogP contribution in [0.2, 0.25) is 0 Å². The molecule has 1 saturated heterocycles. The zero-order valence-electron chi connectivity index (χ0n) is 11.1. The van der Waals surface area contributed by atoms with Crippen molar-refractivity contribution in [2.24, 2.45) is 0 Å². The number of halogens is 1. The number of rotatable bonds is 2. The highest BCUT2D eigenvalue weighted by atomic mass is 35.5. The van der Waals surface area contributed by atoms with Crippen molar-refractivity contribution in [2.75, 3.05) is 6.61 Å². The molecule has 94 valence electrons. The Morgan fingerprint density at radius 3 is 2.24 bits per heavy atom. The first-order valence-electron chi connectivity index (χ1n) is 6.35. The lowest BCUT2D eigenvalue weighted by molar-refractivity contribution is 0.107. The molecule has 0 spiro atoms. The van der Waals surface area contributed by atoms with Crippen molar-refractivity contribution in [1.82, 2.24) is 0 Å². The van der Waals surface area contributed by atoms with Crippen molar-refractivity contribution < 1.29 is 4.74 Å². The zero-order valence-corrected chi connectivity index (χ0v) is 11.9. The number of ether oxygens (including phenoxy) is 1. The maximum absolute atomic E-state index is 6.64. The van der Waals surface area contributed by atoms with Crippen LogP contribution < -0.4 is 0 Å². The smallest absolute Gasteiger partial charge is 0.0852 e. The molecule has 1 aromatic carbocycles. The fourth-order valence-electron chi connectivity index (χ4n) is 2.68. The Hall–Kier alpha value is -0.530. The van der Waals surface area contributed by atoms with E-state index in [0.29, 0.717) is 0 Å². The topological polar surface area (TPSA) is 9.23 Å². The molecule has 2 unspecified atom stereocenters. The third kappa shape index (κ3) is 2.36. The van der Waals surface area contributed by atoms with Gasteiger partial charge < -0.3 is 4.74 Å². The Morgan fingerprint density at radius 1 is 1.18 bits per heavy atom. The minimum Gasteiger partial charge on any atom is -0.376 e. The molecule has 0 saturated carbocycles. The Bertz CT molecular complexity index is 393. The van der Waals surface area contributed by atoms with Gasteiger partial charge in [0.25, 0.3) is 0 Å². The van der Waals surface area contributed by atoms with E-state index in [1.807, 2.05) is 0 Å². The summed E-state index contributed by atoms with van der Waals surface area (Å²) in [4.78, 5) is 0. The van der Waals surface area contributed by atoms with E-state index in [9.17, 15) is 0 Å². The van der Waals surface area contributed by atoms with Crippen LogP contribution >= 0.6 is 11.6 Å². The summed E-state index contributed by atoms with van der Waals surface area (Å²) in [5.41, 5.74) is 6.58. The van der Waals surface area contributed by atoms with E-state index in [0.717, 1.165) is 19.4 Å². The van der Waals surface area contributed by atoms with Gasteiger partial charge in [-0.3, -0.25) is 0 Å². The molecule has 0 aromatic heterocycles. The van der Waals surface area contributed by atoms with Gasteiger partial charge in [0, 0.05) is 6.61 Å².